The van der Waals surface area contributed by atoms with E-state index in [1.807, 2.05) is 12.3 Å². The molecule has 3 heteroatoms. The summed E-state index contributed by atoms with van der Waals surface area (Å²) in [4.78, 5) is 4.51. The Morgan fingerprint density at radius 2 is 2.15 bits per heavy atom. The van der Waals surface area contributed by atoms with Crippen LogP contribution in [0.1, 0.15) is 18.5 Å². The summed E-state index contributed by atoms with van der Waals surface area (Å²) in [6.45, 7) is 2.12. The van der Waals surface area contributed by atoms with Crippen molar-refractivity contribution in [3.05, 3.63) is 29.8 Å². The van der Waals surface area contributed by atoms with Crippen LogP contribution in [0, 0.1) is 0 Å². The summed E-state index contributed by atoms with van der Waals surface area (Å²) in [5.74, 6) is 0. The first kappa shape index (κ1) is 8.63. The maximum absolute atomic E-state index is 4.51. The number of nitrogens with one attached hydrogen (secondary N) is 1. The van der Waals surface area contributed by atoms with Gasteiger partial charge in [-0.15, -0.1) is 0 Å². The van der Waals surface area contributed by atoms with Gasteiger partial charge in [0, 0.05) is 5.69 Å². The summed E-state index contributed by atoms with van der Waals surface area (Å²) < 4.78 is 0. The van der Waals surface area contributed by atoms with Gasteiger partial charge in [0.1, 0.15) is 0 Å². The molecule has 13 heavy (non-hydrogen) atoms. The van der Waals surface area contributed by atoms with Gasteiger partial charge in [-0.2, -0.15) is 0 Å². The van der Waals surface area contributed by atoms with Crippen LogP contribution in [-0.2, 0) is 0 Å². The van der Waals surface area contributed by atoms with E-state index in [1.165, 1.54) is 11.3 Å². The van der Waals surface area contributed by atoms with Gasteiger partial charge in [-0.3, -0.25) is 4.99 Å². The molecule has 0 spiro atoms. The SMILES string of the molecule is CSC1=NC(C)c2ccccc2N1. The third-order valence-corrected chi connectivity index (χ3v) is 2.75. The van der Waals surface area contributed by atoms with E-state index in [9.17, 15) is 0 Å². The molecule has 1 atom stereocenters. The van der Waals surface area contributed by atoms with Gasteiger partial charge in [0.2, 0.25) is 0 Å². The number of rotatable bonds is 0. The first-order chi connectivity index (χ1) is 6.31. The smallest absolute Gasteiger partial charge is 0.161 e. The molecule has 1 aliphatic heterocycles. The summed E-state index contributed by atoms with van der Waals surface area (Å²) in [6.07, 6.45) is 2.03. The Morgan fingerprint density at radius 1 is 1.38 bits per heavy atom. The Hall–Kier alpha value is -0.960. The van der Waals surface area contributed by atoms with Crippen molar-refractivity contribution >= 4 is 22.6 Å². The molecule has 0 aliphatic carbocycles. The van der Waals surface area contributed by atoms with E-state index >= 15 is 0 Å². The highest BCUT2D eigenvalue weighted by atomic mass is 32.2. The molecule has 0 saturated carbocycles. The molecule has 0 fully saturated rings. The largest absolute Gasteiger partial charge is 0.335 e. The average Bonchev–Trinajstić information content (AvgIpc) is 2.18. The van der Waals surface area contributed by atoms with Crippen molar-refractivity contribution in [3.8, 4) is 0 Å². The van der Waals surface area contributed by atoms with Gasteiger partial charge in [-0.25, -0.2) is 0 Å². The second-order valence-electron chi connectivity index (χ2n) is 3.03. The summed E-state index contributed by atoms with van der Waals surface area (Å²) >= 11 is 1.65. The monoisotopic (exact) mass is 192 g/mol. The van der Waals surface area contributed by atoms with E-state index in [0.717, 1.165) is 5.17 Å². The highest BCUT2D eigenvalue weighted by Crippen LogP contribution is 2.30. The minimum atomic E-state index is 0.278. The highest BCUT2D eigenvalue weighted by molar-refractivity contribution is 8.13. The maximum atomic E-state index is 4.51. The second kappa shape index (κ2) is 3.42. The Balaban J connectivity index is 2.40. The summed E-state index contributed by atoms with van der Waals surface area (Å²) in [7, 11) is 0. The Labute approximate surface area is 82.5 Å². The lowest BCUT2D eigenvalue weighted by Gasteiger charge is -2.21. The van der Waals surface area contributed by atoms with Crippen molar-refractivity contribution in [1.29, 1.82) is 0 Å². The topological polar surface area (TPSA) is 24.4 Å². The molecule has 1 aromatic carbocycles. The molecule has 2 rings (SSSR count). The van der Waals surface area contributed by atoms with Crippen LogP contribution < -0.4 is 5.32 Å². The van der Waals surface area contributed by atoms with Crippen molar-refractivity contribution in [2.24, 2.45) is 4.99 Å². The van der Waals surface area contributed by atoms with Crippen LogP contribution in [0.5, 0.6) is 0 Å². The number of amidine groups is 1. The van der Waals surface area contributed by atoms with Gasteiger partial charge in [0.15, 0.2) is 5.17 Å². The average molecular weight is 192 g/mol. The van der Waals surface area contributed by atoms with Crippen molar-refractivity contribution in [2.75, 3.05) is 11.6 Å². The normalized spacial score (nSPS) is 20.2. The van der Waals surface area contributed by atoms with Gasteiger partial charge in [-0.1, -0.05) is 30.0 Å². The first-order valence-electron chi connectivity index (χ1n) is 4.29. The molecule has 0 bridgehead atoms. The fraction of sp³-hybridized carbons (Fsp3) is 0.300. The standard InChI is InChI=1S/C10H12N2S/c1-7-8-5-3-4-6-9(8)12-10(11-7)13-2/h3-7H,1-2H3,(H,11,12). The van der Waals surface area contributed by atoms with Gasteiger partial charge in [0.25, 0.3) is 0 Å². The molecule has 68 valence electrons. The zero-order chi connectivity index (χ0) is 9.26. The molecular formula is C10H12N2S. The summed E-state index contributed by atoms with van der Waals surface area (Å²) in [5.41, 5.74) is 2.47. The second-order valence-corrected chi connectivity index (χ2v) is 3.82. The number of aliphatic imine (C=N–C) groups is 1. The molecule has 1 heterocycles. The predicted molar refractivity (Wildman–Crippen MR) is 59.4 cm³/mol. The van der Waals surface area contributed by atoms with Crippen LogP contribution in [0.25, 0.3) is 0 Å². The molecular weight excluding hydrogens is 180 g/mol. The maximum Gasteiger partial charge on any atom is 0.161 e. The third-order valence-electron chi connectivity index (χ3n) is 2.16. The molecule has 0 amide bonds. The number of fused-ring (bicyclic) bond motifs is 1. The Bertz CT molecular complexity index is 347. The van der Waals surface area contributed by atoms with Crippen LogP contribution in [0.4, 0.5) is 5.69 Å². The van der Waals surface area contributed by atoms with Crippen molar-refractivity contribution in [1.82, 2.24) is 0 Å². The number of thioether (sulfide) groups is 1. The van der Waals surface area contributed by atoms with Crippen LogP contribution >= 0.6 is 11.8 Å². The summed E-state index contributed by atoms with van der Waals surface area (Å²) in [6, 6.07) is 8.59. The molecule has 0 radical (unpaired) electrons. The van der Waals surface area contributed by atoms with E-state index < -0.39 is 0 Å². The molecule has 2 nitrogen and oxygen atoms in total. The fourth-order valence-corrected chi connectivity index (χ4v) is 1.95. The van der Waals surface area contributed by atoms with E-state index in [0.29, 0.717) is 0 Å². The van der Waals surface area contributed by atoms with Crippen molar-refractivity contribution in [3.63, 3.8) is 0 Å². The molecule has 1 unspecified atom stereocenters. The number of anilines is 1. The van der Waals surface area contributed by atoms with Gasteiger partial charge < -0.3 is 5.32 Å². The molecule has 1 N–H and O–H groups in total. The minimum Gasteiger partial charge on any atom is -0.335 e. The number of benzene rings is 1. The van der Waals surface area contributed by atoms with Crippen LogP contribution in [0.15, 0.2) is 29.3 Å². The van der Waals surface area contributed by atoms with E-state index in [2.05, 4.69) is 35.4 Å². The fourth-order valence-electron chi connectivity index (χ4n) is 1.47. The Kier molecular flexibility index (Phi) is 2.27. The minimum absolute atomic E-state index is 0.278. The van der Waals surface area contributed by atoms with Crippen LogP contribution in [-0.4, -0.2) is 11.4 Å². The van der Waals surface area contributed by atoms with Gasteiger partial charge in [0.05, 0.1) is 6.04 Å². The summed E-state index contributed by atoms with van der Waals surface area (Å²) in [5, 5.41) is 4.30. The highest BCUT2D eigenvalue weighted by Gasteiger charge is 2.15. The predicted octanol–water partition coefficient (Wildman–Crippen LogP) is 2.89. The molecule has 1 aliphatic rings. The Morgan fingerprint density at radius 3 is 2.92 bits per heavy atom. The number of para-hydroxylation sites is 1. The zero-order valence-corrected chi connectivity index (χ0v) is 8.56. The first-order valence-corrected chi connectivity index (χ1v) is 5.51. The number of nitrogens with zero attached hydrogens (tertiary/aromatic N) is 1. The molecule has 0 aromatic heterocycles. The van der Waals surface area contributed by atoms with Crippen molar-refractivity contribution < 1.29 is 0 Å². The van der Waals surface area contributed by atoms with Crippen molar-refractivity contribution in [2.45, 2.75) is 13.0 Å². The third kappa shape index (κ3) is 1.56. The van der Waals surface area contributed by atoms with Gasteiger partial charge in [-0.05, 0) is 24.8 Å². The lowest BCUT2D eigenvalue weighted by molar-refractivity contribution is 0.817. The number of hydrogen-bond donors (Lipinski definition) is 1. The molecule has 0 saturated heterocycles. The quantitative estimate of drug-likeness (QED) is 0.683. The van der Waals surface area contributed by atoms with E-state index in [1.54, 1.807) is 11.8 Å². The van der Waals surface area contributed by atoms with E-state index in [-0.39, 0.29) is 6.04 Å². The number of hydrogen-bond acceptors (Lipinski definition) is 3. The lowest BCUT2D eigenvalue weighted by atomic mass is 10.1. The lowest BCUT2D eigenvalue weighted by Crippen LogP contribution is -2.15. The molecule has 1 aromatic rings. The van der Waals surface area contributed by atoms with Crippen LogP contribution in [0.2, 0.25) is 0 Å². The zero-order valence-electron chi connectivity index (χ0n) is 7.74. The van der Waals surface area contributed by atoms with Crippen LogP contribution in [0.3, 0.4) is 0 Å². The van der Waals surface area contributed by atoms with E-state index in [4.69, 9.17) is 0 Å². The van der Waals surface area contributed by atoms with Gasteiger partial charge >= 0.3 is 0 Å².